The fourth-order valence-corrected chi connectivity index (χ4v) is 1.29. The van der Waals surface area contributed by atoms with Gasteiger partial charge in [0, 0.05) is 0 Å². The highest BCUT2D eigenvalue weighted by Crippen LogP contribution is 2.20. The molecule has 0 bridgehead atoms. The summed E-state index contributed by atoms with van der Waals surface area (Å²) in [5.74, 6) is 0.309. The molecule has 0 saturated heterocycles. The molecular formula is C14H17NO3. The molecule has 0 heterocycles. The molecule has 0 saturated carbocycles. The van der Waals surface area contributed by atoms with Crippen LogP contribution >= 0.6 is 0 Å². The highest BCUT2D eigenvalue weighted by molar-refractivity contribution is 5.89. The number of nitriles is 1. The number of nitrogens with zero attached hydrogens (tertiary/aromatic N) is 1. The normalized spacial score (nSPS) is 10.6. The molecule has 1 aromatic carbocycles. The third-order valence-corrected chi connectivity index (χ3v) is 2.57. The van der Waals surface area contributed by atoms with Gasteiger partial charge in [0.05, 0.1) is 30.8 Å². The van der Waals surface area contributed by atoms with Gasteiger partial charge in [-0.25, -0.2) is 4.79 Å². The van der Waals surface area contributed by atoms with Crippen LogP contribution in [0.3, 0.4) is 0 Å². The van der Waals surface area contributed by atoms with Gasteiger partial charge in [-0.05, 0) is 44.5 Å². The molecule has 0 aliphatic rings. The maximum absolute atomic E-state index is 11.2. The number of carbonyl (C=O) groups is 1. The zero-order valence-electron chi connectivity index (χ0n) is 10.9. The minimum atomic E-state index is -0.383. The van der Waals surface area contributed by atoms with Crippen LogP contribution < -0.4 is 4.74 Å². The predicted octanol–water partition coefficient (Wildman–Crippen LogP) is 2.79. The Hall–Kier alpha value is -2.02. The molecule has 4 heteroatoms. The highest BCUT2D eigenvalue weighted by Gasteiger charge is 2.16. The van der Waals surface area contributed by atoms with E-state index < -0.39 is 0 Å². The van der Waals surface area contributed by atoms with E-state index in [4.69, 9.17) is 10.00 Å². The van der Waals surface area contributed by atoms with Gasteiger partial charge in [-0.1, -0.05) is 0 Å². The number of hydrogen-bond acceptors (Lipinski definition) is 4. The zero-order valence-corrected chi connectivity index (χ0v) is 10.9. The molecule has 0 aromatic heterocycles. The van der Waals surface area contributed by atoms with E-state index in [-0.39, 0.29) is 11.4 Å². The van der Waals surface area contributed by atoms with Gasteiger partial charge < -0.3 is 9.47 Å². The van der Waals surface area contributed by atoms with Gasteiger partial charge in [0.1, 0.15) is 5.75 Å². The van der Waals surface area contributed by atoms with Crippen molar-refractivity contribution in [2.24, 2.45) is 5.41 Å². The van der Waals surface area contributed by atoms with Crippen LogP contribution in [-0.2, 0) is 4.74 Å². The summed E-state index contributed by atoms with van der Waals surface area (Å²) in [5, 5.41) is 8.86. The Kier molecular flexibility index (Phi) is 4.73. The summed E-state index contributed by atoms with van der Waals surface area (Å²) in [5.41, 5.74) is 0.105. The van der Waals surface area contributed by atoms with Crippen molar-refractivity contribution >= 4 is 5.97 Å². The number of hydrogen-bond donors (Lipinski definition) is 0. The molecular weight excluding hydrogens is 230 g/mol. The lowest BCUT2D eigenvalue weighted by Gasteiger charge is -2.15. The van der Waals surface area contributed by atoms with Crippen molar-refractivity contribution in [1.29, 1.82) is 5.26 Å². The van der Waals surface area contributed by atoms with Crippen molar-refractivity contribution < 1.29 is 14.3 Å². The van der Waals surface area contributed by atoms with Crippen molar-refractivity contribution in [3.63, 3.8) is 0 Å². The molecule has 0 atom stereocenters. The third kappa shape index (κ3) is 4.10. The van der Waals surface area contributed by atoms with Crippen molar-refractivity contribution in [3.05, 3.63) is 29.8 Å². The summed E-state index contributed by atoms with van der Waals surface area (Å²) < 4.78 is 10.1. The van der Waals surface area contributed by atoms with Crippen molar-refractivity contribution in [2.75, 3.05) is 13.7 Å². The number of benzene rings is 1. The van der Waals surface area contributed by atoms with E-state index in [1.165, 1.54) is 7.11 Å². The van der Waals surface area contributed by atoms with Gasteiger partial charge in [0.15, 0.2) is 0 Å². The topological polar surface area (TPSA) is 59.3 Å². The van der Waals surface area contributed by atoms with Gasteiger partial charge >= 0.3 is 5.97 Å². The zero-order chi connectivity index (χ0) is 13.6. The molecule has 0 spiro atoms. The first-order chi connectivity index (χ1) is 8.48. The van der Waals surface area contributed by atoms with Crippen LogP contribution in [-0.4, -0.2) is 19.7 Å². The van der Waals surface area contributed by atoms with Crippen LogP contribution in [0.1, 0.15) is 30.6 Å². The summed E-state index contributed by atoms with van der Waals surface area (Å²) in [6.07, 6.45) is 0.655. The second-order valence-corrected chi connectivity index (χ2v) is 4.61. The third-order valence-electron chi connectivity index (χ3n) is 2.57. The predicted molar refractivity (Wildman–Crippen MR) is 67.3 cm³/mol. The standard InChI is InChI=1S/C14H17NO3/c1-14(2,10-15)8-9-18-12-6-4-11(5-7-12)13(16)17-3/h4-7H,8-9H2,1-3H3. The Morgan fingerprint density at radius 2 is 1.94 bits per heavy atom. The number of methoxy groups -OCH3 is 1. The van der Waals surface area contributed by atoms with Crippen LogP contribution in [0.25, 0.3) is 0 Å². The van der Waals surface area contributed by atoms with Gasteiger partial charge in [-0.15, -0.1) is 0 Å². The van der Waals surface area contributed by atoms with Gasteiger partial charge in [-0.2, -0.15) is 5.26 Å². The van der Waals surface area contributed by atoms with E-state index in [9.17, 15) is 4.79 Å². The Bertz CT molecular complexity index is 443. The minimum absolute atomic E-state index is 0.368. The van der Waals surface area contributed by atoms with Crippen LogP contribution in [0.2, 0.25) is 0 Å². The summed E-state index contributed by atoms with van der Waals surface area (Å²) in [6.45, 7) is 4.21. The molecule has 18 heavy (non-hydrogen) atoms. The highest BCUT2D eigenvalue weighted by atomic mass is 16.5. The Labute approximate surface area is 107 Å². The maximum atomic E-state index is 11.2. The van der Waals surface area contributed by atoms with Crippen LogP contribution in [0.4, 0.5) is 0 Å². The molecule has 96 valence electrons. The largest absolute Gasteiger partial charge is 0.494 e. The summed E-state index contributed by atoms with van der Waals surface area (Å²) in [7, 11) is 1.34. The fraction of sp³-hybridized carbons (Fsp3) is 0.429. The number of rotatable bonds is 5. The molecule has 0 fully saturated rings. The first kappa shape index (κ1) is 14.0. The lowest BCUT2D eigenvalue weighted by atomic mass is 9.92. The Morgan fingerprint density at radius 3 is 2.44 bits per heavy atom. The molecule has 4 nitrogen and oxygen atoms in total. The lowest BCUT2D eigenvalue weighted by molar-refractivity contribution is 0.0600. The van der Waals surface area contributed by atoms with Crippen LogP contribution in [0.15, 0.2) is 24.3 Å². The van der Waals surface area contributed by atoms with Gasteiger partial charge in [0.25, 0.3) is 0 Å². The Balaban J connectivity index is 2.50. The second-order valence-electron chi connectivity index (χ2n) is 4.61. The molecule has 0 N–H and O–H groups in total. The molecule has 0 aliphatic heterocycles. The number of ether oxygens (including phenoxy) is 2. The smallest absolute Gasteiger partial charge is 0.337 e. The van der Waals surface area contributed by atoms with Crippen LogP contribution in [0.5, 0.6) is 5.75 Å². The first-order valence-corrected chi connectivity index (χ1v) is 5.71. The van der Waals surface area contributed by atoms with E-state index in [0.717, 1.165) is 0 Å². The number of carbonyl (C=O) groups excluding carboxylic acids is 1. The Morgan fingerprint density at radius 1 is 1.33 bits per heavy atom. The average molecular weight is 247 g/mol. The average Bonchev–Trinajstić information content (AvgIpc) is 2.38. The molecule has 1 aromatic rings. The fourth-order valence-electron chi connectivity index (χ4n) is 1.29. The first-order valence-electron chi connectivity index (χ1n) is 5.71. The molecule has 1 rings (SSSR count). The van der Waals surface area contributed by atoms with Gasteiger partial charge in [-0.3, -0.25) is 0 Å². The van der Waals surface area contributed by atoms with Crippen molar-refractivity contribution in [2.45, 2.75) is 20.3 Å². The quantitative estimate of drug-likeness (QED) is 0.751. The second kappa shape index (κ2) is 6.06. The van der Waals surface area contributed by atoms with E-state index in [0.29, 0.717) is 24.3 Å². The van der Waals surface area contributed by atoms with Gasteiger partial charge in [0.2, 0.25) is 0 Å². The summed E-state index contributed by atoms with van der Waals surface area (Å²) in [6, 6.07) is 8.94. The maximum Gasteiger partial charge on any atom is 0.337 e. The summed E-state index contributed by atoms with van der Waals surface area (Å²) >= 11 is 0. The monoisotopic (exact) mass is 247 g/mol. The van der Waals surface area contributed by atoms with E-state index >= 15 is 0 Å². The minimum Gasteiger partial charge on any atom is -0.494 e. The lowest BCUT2D eigenvalue weighted by Crippen LogP contribution is -2.13. The van der Waals surface area contributed by atoms with E-state index in [1.54, 1.807) is 24.3 Å². The molecule has 0 amide bonds. The summed E-state index contributed by atoms with van der Waals surface area (Å²) in [4.78, 5) is 11.2. The molecule has 0 aliphatic carbocycles. The molecule has 0 unspecified atom stereocenters. The van der Waals surface area contributed by atoms with Crippen LogP contribution in [0, 0.1) is 16.7 Å². The molecule has 0 radical (unpaired) electrons. The number of esters is 1. The SMILES string of the molecule is COC(=O)c1ccc(OCCC(C)(C)C#N)cc1. The van der Waals surface area contributed by atoms with E-state index in [1.807, 2.05) is 13.8 Å². The van der Waals surface area contributed by atoms with E-state index in [2.05, 4.69) is 10.8 Å². The van der Waals surface area contributed by atoms with Crippen molar-refractivity contribution in [1.82, 2.24) is 0 Å². The van der Waals surface area contributed by atoms with Crippen molar-refractivity contribution in [3.8, 4) is 11.8 Å².